The fraction of sp³-hybridized carbons (Fsp3) is 0.583. The predicted octanol–water partition coefficient (Wildman–Crippen LogP) is -0.530. The van der Waals surface area contributed by atoms with Crippen molar-refractivity contribution in [3.63, 3.8) is 0 Å². The molecule has 2 aromatic heterocycles. The molecule has 3 rings (SSSR count). The van der Waals surface area contributed by atoms with Crippen LogP contribution in [0.3, 0.4) is 0 Å². The van der Waals surface area contributed by atoms with Crippen LogP contribution in [0.4, 0.5) is 5.82 Å². The first kappa shape index (κ1) is 17.2. The van der Waals surface area contributed by atoms with Crippen LogP contribution in [0.5, 0.6) is 0 Å². The molecule has 4 N–H and O–H groups in total. The summed E-state index contributed by atoms with van der Waals surface area (Å²) in [6.45, 7) is 1.69. The average Bonchev–Trinajstić information content (AvgIpc) is 3.11. The fourth-order valence-corrected chi connectivity index (χ4v) is 3.28. The molecule has 11 nitrogen and oxygen atoms in total. The summed E-state index contributed by atoms with van der Waals surface area (Å²) >= 11 is 0. The van der Waals surface area contributed by atoms with Crippen LogP contribution in [0.2, 0.25) is 0 Å². The van der Waals surface area contributed by atoms with E-state index in [0.29, 0.717) is 17.8 Å². The first-order valence-corrected chi connectivity index (χ1v) is 8.53. The summed E-state index contributed by atoms with van der Waals surface area (Å²) in [4.78, 5) is 21.3. The van der Waals surface area contributed by atoms with Gasteiger partial charge in [-0.25, -0.2) is 15.0 Å². The second-order valence-electron chi connectivity index (χ2n) is 5.10. The second-order valence-corrected chi connectivity index (χ2v) is 5.87. The quantitative estimate of drug-likeness (QED) is 0.573. The van der Waals surface area contributed by atoms with Crippen LogP contribution >= 0.6 is 8.25 Å². The highest BCUT2D eigenvalue weighted by Gasteiger charge is 2.48. The Hall–Kier alpha value is -1.62. The van der Waals surface area contributed by atoms with Crippen molar-refractivity contribution in [1.82, 2.24) is 19.5 Å². The van der Waals surface area contributed by atoms with Gasteiger partial charge < -0.3 is 29.7 Å². The molecular weight excluding hydrogens is 341 g/mol. The van der Waals surface area contributed by atoms with Gasteiger partial charge in [-0.1, -0.05) is 0 Å². The minimum atomic E-state index is -3.24. The van der Waals surface area contributed by atoms with E-state index in [1.165, 1.54) is 12.7 Å². The van der Waals surface area contributed by atoms with Crippen molar-refractivity contribution in [2.75, 3.05) is 18.9 Å². The zero-order valence-electron chi connectivity index (χ0n) is 12.8. The van der Waals surface area contributed by atoms with E-state index in [4.69, 9.17) is 24.6 Å². The lowest BCUT2D eigenvalue weighted by Crippen LogP contribution is -2.36. The molecule has 5 atom stereocenters. The molecule has 24 heavy (non-hydrogen) atoms. The molecule has 1 aliphatic rings. The largest absolute Gasteiger partial charge is 0.394 e. The Morgan fingerprint density at radius 1 is 1.42 bits per heavy atom. The first-order valence-electron chi connectivity index (χ1n) is 7.27. The van der Waals surface area contributed by atoms with Crippen molar-refractivity contribution >= 4 is 25.2 Å². The molecule has 1 saturated heterocycles. The highest BCUT2D eigenvalue weighted by Crippen LogP contribution is 2.38. The number of nitrogens with zero attached hydrogens (tertiary/aromatic N) is 4. The lowest BCUT2D eigenvalue weighted by molar-refractivity contribution is -0.0673. The molecule has 0 radical (unpaired) electrons. The van der Waals surface area contributed by atoms with E-state index in [9.17, 15) is 9.67 Å². The highest BCUT2D eigenvalue weighted by atomic mass is 31.1. The van der Waals surface area contributed by atoms with Gasteiger partial charge in [-0.3, -0.25) is 9.13 Å². The van der Waals surface area contributed by atoms with Crippen LogP contribution in [0.25, 0.3) is 11.2 Å². The number of fused-ring (bicyclic) bond motifs is 1. The zero-order valence-corrected chi connectivity index (χ0v) is 13.8. The van der Waals surface area contributed by atoms with Crippen LogP contribution in [0.15, 0.2) is 12.7 Å². The van der Waals surface area contributed by atoms with E-state index >= 15 is 0 Å². The normalized spacial score (nSPS) is 28.5. The lowest BCUT2D eigenvalue weighted by atomic mass is 10.1. The average molecular weight is 359 g/mol. The van der Waals surface area contributed by atoms with Gasteiger partial charge in [-0.2, -0.15) is 0 Å². The Kier molecular flexibility index (Phi) is 5.09. The standard InChI is InChI=1S/C12H18N5O6P/c1-2-21-9-8(23-24(19)20)6(3-18)22-12(9)17-5-16-7-10(13)14-4-15-11(7)17/h4-6,8-9,12,18,24H,2-3H2,1H3,(H,19,20)(H2,13,14,15)/t6-,8?,9?,12-/m1/s1. The molecule has 2 aromatic rings. The maximum atomic E-state index is 11.1. The van der Waals surface area contributed by atoms with Gasteiger partial charge in [-0.15, -0.1) is 0 Å². The van der Waals surface area contributed by atoms with Crippen LogP contribution in [0.1, 0.15) is 13.2 Å². The van der Waals surface area contributed by atoms with E-state index in [0.717, 1.165) is 0 Å². The topological polar surface area (TPSA) is 155 Å². The monoisotopic (exact) mass is 359 g/mol. The molecule has 1 fully saturated rings. The minimum Gasteiger partial charge on any atom is -0.394 e. The Morgan fingerprint density at radius 2 is 2.21 bits per heavy atom. The Labute approximate surface area is 137 Å². The lowest BCUT2D eigenvalue weighted by Gasteiger charge is -2.23. The Balaban J connectivity index is 2.01. The summed E-state index contributed by atoms with van der Waals surface area (Å²) in [6, 6.07) is 0. The number of hydrogen-bond donors (Lipinski definition) is 3. The van der Waals surface area contributed by atoms with Gasteiger partial charge in [0.1, 0.15) is 30.2 Å². The number of nitrogens with two attached hydrogens (primary N) is 1. The van der Waals surface area contributed by atoms with Crippen molar-refractivity contribution < 1.29 is 28.6 Å². The molecule has 0 aliphatic carbocycles. The van der Waals surface area contributed by atoms with Crippen molar-refractivity contribution in [3.8, 4) is 0 Å². The van der Waals surface area contributed by atoms with Crippen LogP contribution < -0.4 is 5.73 Å². The number of rotatable bonds is 6. The van der Waals surface area contributed by atoms with E-state index in [-0.39, 0.29) is 5.82 Å². The number of ether oxygens (including phenoxy) is 2. The molecule has 0 saturated carbocycles. The maximum absolute atomic E-state index is 11.1. The highest BCUT2D eigenvalue weighted by molar-refractivity contribution is 7.32. The number of nitrogen functional groups attached to an aromatic ring is 1. The summed E-state index contributed by atoms with van der Waals surface area (Å²) in [6.07, 6.45) is -0.470. The van der Waals surface area contributed by atoms with Crippen LogP contribution in [-0.4, -0.2) is 61.0 Å². The van der Waals surface area contributed by atoms with Crippen molar-refractivity contribution in [2.45, 2.75) is 31.5 Å². The van der Waals surface area contributed by atoms with E-state index in [2.05, 4.69) is 15.0 Å². The number of aromatic nitrogens is 4. The zero-order chi connectivity index (χ0) is 17.3. The molecule has 132 valence electrons. The molecule has 0 aromatic carbocycles. The van der Waals surface area contributed by atoms with E-state index in [1.807, 2.05) is 0 Å². The number of imidazole rings is 1. The van der Waals surface area contributed by atoms with Crippen molar-refractivity contribution in [1.29, 1.82) is 0 Å². The molecule has 12 heteroatoms. The third-order valence-corrected chi connectivity index (χ3v) is 4.20. The number of aliphatic hydroxyl groups excluding tert-OH is 1. The first-order chi connectivity index (χ1) is 11.6. The van der Waals surface area contributed by atoms with E-state index in [1.54, 1.807) is 11.5 Å². The number of anilines is 1. The van der Waals surface area contributed by atoms with Crippen molar-refractivity contribution in [2.24, 2.45) is 0 Å². The number of hydrogen-bond acceptors (Lipinski definition) is 9. The molecule has 1 aliphatic heterocycles. The second kappa shape index (κ2) is 7.09. The van der Waals surface area contributed by atoms with Gasteiger partial charge in [0.2, 0.25) is 0 Å². The molecular formula is C12H18N5O6P. The van der Waals surface area contributed by atoms with Gasteiger partial charge in [0, 0.05) is 6.61 Å². The number of aliphatic hydroxyl groups is 1. The Bertz CT molecular complexity index is 742. The fourth-order valence-electron chi connectivity index (χ4n) is 2.76. The van der Waals surface area contributed by atoms with Gasteiger partial charge in [0.25, 0.3) is 0 Å². The van der Waals surface area contributed by atoms with Crippen LogP contribution in [-0.2, 0) is 18.6 Å². The molecule has 3 heterocycles. The molecule has 0 amide bonds. The minimum absolute atomic E-state index is 0.219. The summed E-state index contributed by atoms with van der Waals surface area (Å²) in [7, 11) is -3.24. The summed E-state index contributed by atoms with van der Waals surface area (Å²) < 4.78 is 29.2. The SMILES string of the molecule is CCOC1C(O[PH](=O)O)[C@@H](CO)O[C@H]1n1cnc2c(N)ncnc21. The van der Waals surface area contributed by atoms with E-state index < -0.39 is 39.4 Å². The van der Waals surface area contributed by atoms with Gasteiger partial charge in [0.05, 0.1) is 12.9 Å². The summed E-state index contributed by atoms with van der Waals surface area (Å²) in [5.74, 6) is 0.219. The third-order valence-electron chi connectivity index (χ3n) is 3.72. The summed E-state index contributed by atoms with van der Waals surface area (Å²) in [5.41, 5.74) is 6.60. The molecule has 0 bridgehead atoms. The van der Waals surface area contributed by atoms with Gasteiger partial charge in [0.15, 0.2) is 17.7 Å². The summed E-state index contributed by atoms with van der Waals surface area (Å²) in [5, 5.41) is 9.50. The molecule has 3 unspecified atom stereocenters. The maximum Gasteiger partial charge on any atom is 0.317 e. The predicted molar refractivity (Wildman–Crippen MR) is 82.2 cm³/mol. The van der Waals surface area contributed by atoms with Gasteiger partial charge in [-0.05, 0) is 6.92 Å². The van der Waals surface area contributed by atoms with Gasteiger partial charge >= 0.3 is 8.25 Å². The smallest absolute Gasteiger partial charge is 0.317 e. The van der Waals surface area contributed by atoms with Crippen LogP contribution in [0, 0.1) is 0 Å². The third kappa shape index (κ3) is 3.02. The molecule has 0 spiro atoms. The van der Waals surface area contributed by atoms with Crippen molar-refractivity contribution in [3.05, 3.63) is 12.7 Å². The Morgan fingerprint density at radius 3 is 2.88 bits per heavy atom.